The van der Waals surface area contributed by atoms with Crippen LogP contribution in [-0.4, -0.2) is 9.78 Å². The van der Waals surface area contributed by atoms with Crippen LogP contribution in [0.4, 0.5) is 0 Å². The first-order valence-corrected chi connectivity index (χ1v) is 12.1. The molecule has 3 heteroatoms. The number of fused-ring (bicyclic) bond motifs is 1. The fourth-order valence-corrected chi connectivity index (χ4v) is 11.0. The Morgan fingerprint density at radius 3 is 1.67 bits per heavy atom. The molecule has 0 fully saturated rings. The summed E-state index contributed by atoms with van der Waals surface area (Å²) in [5.74, 6) is 0. The van der Waals surface area contributed by atoms with Gasteiger partial charge in [-0.3, -0.25) is 0 Å². The predicted molar refractivity (Wildman–Crippen MR) is 120 cm³/mol. The maximum absolute atomic E-state index is 4.82. The van der Waals surface area contributed by atoms with Gasteiger partial charge >= 0.3 is 164 Å². The summed E-state index contributed by atoms with van der Waals surface area (Å²) in [7, 11) is -2.05. The van der Waals surface area contributed by atoms with E-state index in [0.717, 1.165) is 0 Å². The summed E-state index contributed by atoms with van der Waals surface area (Å²) in [5, 5.41) is 9.40. The van der Waals surface area contributed by atoms with Crippen LogP contribution in [0, 0.1) is 27.7 Å². The second-order valence-corrected chi connectivity index (χ2v) is 12.9. The number of aryl methyl sites for hydroxylation is 4. The second kappa shape index (κ2) is 6.31. The van der Waals surface area contributed by atoms with Gasteiger partial charge in [0.15, 0.2) is 0 Å². The van der Waals surface area contributed by atoms with Crippen LogP contribution in [0.1, 0.15) is 60.4 Å². The summed E-state index contributed by atoms with van der Waals surface area (Å²) < 4.78 is 2.25. The van der Waals surface area contributed by atoms with Gasteiger partial charge in [-0.1, -0.05) is 0 Å². The Hall–Kier alpha value is -1.92. The molecule has 1 unspecified atom stereocenters. The summed E-state index contributed by atoms with van der Waals surface area (Å²) in [4.78, 5) is 0. The van der Waals surface area contributed by atoms with E-state index in [0.29, 0.717) is 11.7 Å². The third kappa shape index (κ3) is 2.61. The number of hydrogen-bond donors (Lipinski definition) is 0. The molecular weight excluding hydrogens is 347 g/mol. The molecule has 1 atom stereocenters. The molecule has 0 N–H and O–H groups in total. The molecule has 142 valence electrons. The first-order chi connectivity index (χ1) is 12.7. The van der Waals surface area contributed by atoms with Gasteiger partial charge < -0.3 is 0 Å². The summed E-state index contributed by atoms with van der Waals surface area (Å²) in [5.41, 5.74) is 7.42. The van der Waals surface area contributed by atoms with Crippen LogP contribution in [-0.2, 0) is 0 Å². The van der Waals surface area contributed by atoms with E-state index >= 15 is 0 Å². The first-order valence-electron chi connectivity index (χ1n) is 10.0. The summed E-state index contributed by atoms with van der Waals surface area (Å²) in [6, 6.07) is 14.7. The van der Waals surface area contributed by atoms with Gasteiger partial charge in [-0.2, -0.15) is 0 Å². The van der Waals surface area contributed by atoms with E-state index in [1.54, 1.807) is 0 Å². The zero-order chi connectivity index (χ0) is 19.5. The second-order valence-electron chi connectivity index (χ2n) is 8.76. The number of hydrogen-bond acceptors (Lipinski definition) is 1. The van der Waals surface area contributed by atoms with Crippen molar-refractivity contribution in [3.63, 3.8) is 0 Å². The van der Waals surface area contributed by atoms with E-state index in [1.807, 2.05) is 0 Å². The Morgan fingerprint density at radius 1 is 0.815 bits per heavy atom. The molecule has 0 saturated carbocycles. The van der Waals surface area contributed by atoms with E-state index in [4.69, 9.17) is 5.10 Å². The molecule has 0 radical (unpaired) electrons. The van der Waals surface area contributed by atoms with Crippen LogP contribution >= 0.6 is 7.26 Å². The third-order valence-corrected chi connectivity index (χ3v) is 11.4. The summed E-state index contributed by atoms with van der Waals surface area (Å²) in [6.45, 7) is 15.8. The van der Waals surface area contributed by atoms with Crippen LogP contribution in [0.15, 0.2) is 42.6 Å². The standard InChI is InChI=1S/C24H31N2P/c1-15(2)26-24-20(7)27(23(24)14-25-26,21-10-16(3)8-17(4)11-21)22-12-18(5)9-19(6)13-22/h8-15,20,27H,1-7H3. The maximum atomic E-state index is 4.82. The average molecular weight is 379 g/mol. The zero-order valence-electron chi connectivity index (χ0n) is 17.6. The van der Waals surface area contributed by atoms with Gasteiger partial charge in [0.25, 0.3) is 0 Å². The molecule has 0 amide bonds. The van der Waals surface area contributed by atoms with E-state index in [2.05, 4.69) is 95.7 Å². The Morgan fingerprint density at radius 2 is 1.26 bits per heavy atom. The van der Waals surface area contributed by atoms with E-state index < -0.39 is 7.26 Å². The minimum absolute atomic E-state index is 0.404. The summed E-state index contributed by atoms with van der Waals surface area (Å²) in [6.07, 6.45) is 2.18. The third-order valence-electron chi connectivity index (χ3n) is 6.16. The van der Waals surface area contributed by atoms with Gasteiger partial charge in [0, 0.05) is 0 Å². The van der Waals surface area contributed by atoms with E-state index in [-0.39, 0.29) is 0 Å². The van der Waals surface area contributed by atoms with Crippen molar-refractivity contribution in [2.24, 2.45) is 0 Å². The van der Waals surface area contributed by atoms with Crippen molar-refractivity contribution >= 4 is 23.2 Å². The van der Waals surface area contributed by atoms with Crippen LogP contribution < -0.4 is 15.9 Å². The van der Waals surface area contributed by atoms with Gasteiger partial charge in [0.1, 0.15) is 0 Å². The predicted octanol–water partition coefficient (Wildman–Crippen LogP) is 4.80. The van der Waals surface area contributed by atoms with E-state index in [1.165, 1.54) is 43.9 Å². The molecule has 2 heterocycles. The molecule has 0 spiro atoms. The van der Waals surface area contributed by atoms with Crippen molar-refractivity contribution in [1.29, 1.82) is 0 Å². The van der Waals surface area contributed by atoms with Gasteiger partial charge in [0.05, 0.1) is 0 Å². The average Bonchev–Trinajstić information content (AvgIpc) is 2.94. The molecule has 4 rings (SSSR count). The quantitative estimate of drug-likeness (QED) is 0.599. The molecule has 3 aromatic rings. The minimum atomic E-state index is -2.05. The molecular formula is C24H31N2P. The van der Waals surface area contributed by atoms with Gasteiger partial charge in [0.2, 0.25) is 0 Å². The molecule has 0 aliphatic carbocycles. The fraction of sp³-hybridized carbons (Fsp3) is 0.375. The van der Waals surface area contributed by atoms with Crippen molar-refractivity contribution in [2.75, 3.05) is 0 Å². The SMILES string of the molecule is Cc1cc(C)cc([PH]2(c3cc(C)cc(C)c3)c3cnn(C(C)C)c3C2C)c1. The Balaban J connectivity index is 2.05. The molecule has 0 saturated heterocycles. The summed E-state index contributed by atoms with van der Waals surface area (Å²) >= 11 is 0. The van der Waals surface area contributed by atoms with Gasteiger partial charge in [-0.25, -0.2) is 0 Å². The van der Waals surface area contributed by atoms with Gasteiger partial charge in [-0.15, -0.1) is 0 Å². The monoisotopic (exact) mass is 378 g/mol. The van der Waals surface area contributed by atoms with E-state index in [9.17, 15) is 0 Å². The molecule has 2 aromatic carbocycles. The van der Waals surface area contributed by atoms with Crippen LogP contribution in [0.3, 0.4) is 0 Å². The van der Waals surface area contributed by atoms with Crippen LogP contribution in [0.2, 0.25) is 0 Å². The van der Waals surface area contributed by atoms with Crippen LogP contribution in [0.5, 0.6) is 0 Å². The van der Waals surface area contributed by atoms with Gasteiger partial charge in [-0.05, 0) is 0 Å². The first kappa shape index (κ1) is 18.4. The van der Waals surface area contributed by atoms with Crippen molar-refractivity contribution in [2.45, 2.75) is 60.2 Å². The Kier molecular flexibility index (Phi) is 4.31. The molecule has 1 aliphatic heterocycles. The molecule has 0 bridgehead atoms. The van der Waals surface area contributed by atoms with Crippen molar-refractivity contribution in [3.8, 4) is 0 Å². The number of aromatic nitrogens is 2. The number of nitrogens with zero attached hydrogens (tertiary/aromatic N) is 2. The van der Waals surface area contributed by atoms with Crippen molar-refractivity contribution < 1.29 is 0 Å². The van der Waals surface area contributed by atoms with Crippen molar-refractivity contribution in [1.82, 2.24) is 9.78 Å². The van der Waals surface area contributed by atoms with Crippen molar-refractivity contribution in [3.05, 3.63) is 70.5 Å². The molecule has 2 nitrogen and oxygen atoms in total. The molecule has 1 aliphatic rings. The number of benzene rings is 2. The topological polar surface area (TPSA) is 17.8 Å². The molecule has 27 heavy (non-hydrogen) atoms. The Labute approximate surface area is 164 Å². The normalized spacial score (nSPS) is 18.9. The molecule has 1 aromatic heterocycles. The zero-order valence-corrected chi connectivity index (χ0v) is 18.6. The fourth-order valence-electron chi connectivity index (χ4n) is 5.26. The van der Waals surface area contributed by atoms with Crippen LogP contribution in [0.25, 0.3) is 0 Å². The number of rotatable bonds is 3. The Bertz CT molecular complexity index is 937.